The molecule has 1 aliphatic heterocycles. The molecule has 0 radical (unpaired) electrons. The highest BCUT2D eigenvalue weighted by Crippen LogP contribution is 2.06. The molecule has 0 saturated carbocycles. The van der Waals surface area contributed by atoms with Gasteiger partial charge in [-0.05, 0) is 12.0 Å². The topological polar surface area (TPSA) is 20.5 Å². The van der Waals surface area contributed by atoms with Crippen LogP contribution in [-0.2, 0) is 15.6 Å². The fourth-order valence-electron chi connectivity index (χ4n) is 1.39. The summed E-state index contributed by atoms with van der Waals surface area (Å²) >= 11 is 0. The second-order valence-corrected chi connectivity index (χ2v) is 3.55. The number of halogens is 4. The Hall–Kier alpha value is -1.53. The molecular weight excluding hydrogens is 251 g/mol. The summed E-state index contributed by atoms with van der Waals surface area (Å²) < 4.78 is 49.5. The third-order valence-corrected chi connectivity index (χ3v) is 2.07. The molecule has 0 bridgehead atoms. The van der Waals surface area contributed by atoms with Gasteiger partial charge in [-0.3, -0.25) is 0 Å². The Bertz CT molecular complexity index is 372. The molecule has 1 aliphatic rings. The lowest BCUT2D eigenvalue weighted by Crippen LogP contribution is -2.02. The maximum absolute atomic E-state index is 9.75. The number of rotatable bonds is 3. The highest BCUT2D eigenvalue weighted by molar-refractivity contribution is 6.50. The molecule has 100 valence electrons. The van der Waals surface area contributed by atoms with Gasteiger partial charge in [0.1, 0.15) is 6.42 Å². The standard InChI is InChI=1S/C11H13O2.BF4/c1-2-4-10(5-3-1)6-7-11-12-8-9-13-11;2-1(3,4)5/h1-5H,6-9H2;/q+1;-1. The Morgan fingerprint density at radius 2 is 1.67 bits per heavy atom. The first-order valence-electron chi connectivity index (χ1n) is 5.48. The minimum atomic E-state index is -6.00. The molecule has 2 rings (SSSR count). The van der Waals surface area contributed by atoms with E-state index in [0.29, 0.717) is 13.2 Å². The van der Waals surface area contributed by atoms with E-state index in [9.17, 15) is 17.3 Å². The maximum atomic E-state index is 9.75. The van der Waals surface area contributed by atoms with Crippen LogP contribution in [0.1, 0.15) is 12.0 Å². The summed E-state index contributed by atoms with van der Waals surface area (Å²) in [7, 11) is -6.00. The molecule has 1 heterocycles. The predicted octanol–water partition coefficient (Wildman–Crippen LogP) is 3.01. The first-order chi connectivity index (χ1) is 8.45. The Morgan fingerprint density at radius 1 is 1.06 bits per heavy atom. The number of ether oxygens (including phenoxy) is 1. The van der Waals surface area contributed by atoms with E-state index < -0.39 is 7.25 Å². The average molecular weight is 264 g/mol. The van der Waals surface area contributed by atoms with Crippen LogP contribution < -0.4 is 0 Å². The van der Waals surface area contributed by atoms with E-state index in [4.69, 9.17) is 9.16 Å². The summed E-state index contributed by atoms with van der Waals surface area (Å²) in [6.45, 7) is 1.42. The van der Waals surface area contributed by atoms with Gasteiger partial charge in [-0.15, -0.1) is 0 Å². The quantitative estimate of drug-likeness (QED) is 0.355. The summed E-state index contributed by atoms with van der Waals surface area (Å²) in [6.07, 6.45) is 1.88. The third-order valence-electron chi connectivity index (χ3n) is 2.07. The molecule has 0 fully saturated rings. The van der Waals surface area contributed by atoms with E-state index in [-0.39, 0.29) is 0 Å². The van der Waals surface area contributed by atoms with Crippen molar-refractivity contribution in [2.24, 2.45) is 0 Å². The number of cyclic esters (lactones) is 1. The van der Waals surface area contributed by atoms with Gasteiger partial charge in [-0.25, -0.2) is 0 Å². The summed E-state index contributed by atoms with van der Waals surface area (Å²) in [6, 6.07) is 10.4. The molecule has 1 aromatic rings. The van der Waals surface area contributed by atoms with Gasteiger partial charge in [-0.1, -0.05) is 30.3 Å². The van der Waals surface area contributed by atoms with E-state index in [1.165, 1.54) is 5.56 Å². The highest BCUT2D eigenvalue weighted by atomic mass is 19.5. The molecule has 0 aromatic heterocycles. The Morgan fingerprint density at radius 3 is 2.17 bits per heavy atom. The lowest BCUT2D eigenvalue weighted by molar-refractivity contribution is -0.446. The molecule has 0 atom stereocenters. The van der Waals surface area contributed by atoms with Crippen LogP contribution in [0.5, 0.6) is 0 Å². The van der Waals surface area contributed by atoms with Crippen LogP contribution in [0.2, 0.25) is 0 Å². The molecule has 0 aliphatic carbocycles. The third kappa shape index (κ3) is 7.70. The molecule has 0 N–H and O–H groups in total. The second-order valence-electron chi connectivity index (χ2n) is 3.55. The lowest BCUT2D eigenvalue weighted by atomic mass is 10.1. The van der Waals surface area contributed by atoms with Crippen molar-refractivity contribution in [1.29, 1.82) is 0 Å². The molecule has 0 spiro atoms. The van der Waals surface area contributed by atoms with Gasteiger partial charge in [-0.2, -0.15) is 0 Å². The van der Waals surface area contributed by atoms with Gasteiger partial charge in [0.2, 0.25) is 13.2 Å². The number of carbonyl (C=O) groups excluding carboxylic acids is 1. The van der Waals surface area contributed by atoms with Crippen LogP contribution in [-0.4, -0.2) is 26.4 Å². The molecule has 0 saturated heterocycles. The smallest absolute Gasteiger partial charge is 0.418 e. The van der Waals surface area contributed by atoms with Crippen LogP contribution in [0, 0.1) is 0 Å². The lowest BCUT2D eigenvalue weighted by Gasteiger charge is -1.94. The van der Waals surface area contributed by atoms with Crippen molar-refractivity contribution >= 4 is 13.2 Å². The minimum Gasteiger partial charge on any atom is -0.418 e. The molecule has 2 nitrogen and oxygen atoms in total. The van der Waals surface area contributed by atoms with Gasteiger partial charge in [0.05, 0.1) is 0 Å². The Labute approximate surface area is 102 Å². The molecule has 0 amide bonds. The summed E-state index contributed by atoms with van der Waals surface area (Å²) in [4.78, 5) is 0. The van der Waals surface area contributed by atoms with Crippen molar-refractivity contribution < 1.29 is 26.4 Å². The van der Waals surface area contributed by atoms with Crippen molar-refractivity contribution in [2.45, 2.75) is 12.8 Å². The average Bonchev–Trinajstić information content (AvgIpc) is 2.78. The number of benzene rings is 1. The summed E-state index contributed by atoms with van der Waals surface area (Å²) in [5.74, 6) is 0.795. The SMILES string of the molecule is F[B-](F)(F)F.c1ccc(CCC2=[O+]CCO2)cc1. The first-order valence-corrected chi connectivity index (χ1v) is 5.48. The van der Waals surface area contributed by atoms with Gasteiger partial charge in [0.15, 0.2) is 0 Å². The minimum absolute atomic E-state index is 0.712. The fraction of sp³-hybridized carbons (Fsp3) is 0.364. The monoisotopic (exact) mass is 264 g/mol. The number of hydrogen-bond donors (Lipinski definition) is 0. The normalized spacial score (nSPS) is 14.3. The first kappa shape index (κ1) is 14.5. The van der Waals surface area contributed by atoms with E-state index in [1.807, 2.05) is 6.07 Å². The molecule has 7 heteroatoms. The van der Waals surface area contributed by atoms with Crippen LogP contribution in [0.3, 0.4) is 0 Å². The summed E-state index contributed by atoms with van der Waals surface area (Å²) in [5, 5.41) is 0. The Kier molecular flexibility index (Phi) is 5.68. The number of aryl methyl sites for hydroxylation is 1. The van der Waals surface area contributed by atoms with Gasteiger partial charge in [0.25, 0.3) is 0 Å². The maximum Gasteiger partial charge on any atom is 0.673 e. The van der Waals surface area contributed by atoms with Crippen molar-refractivity contribution in [1.82, 2.24) is 0 Å². The molecule has 0 unspecified atom stereocenters. The van der Waals surface area contributed by atoms with Crippen LogP contribution >= 0.6 is 0 Å². The summed E-state index contributed by atoms with van der Waals surface area (Å²) in [5.41, 5.74) is 1.33. The van der Waals surface area contributed by atoms with E-state index in [0.717, 1.165) is 18.8 Å². The van der Waals surface area contributed by atoms with Gasteiger partial charge < -0.3 is 26.4 Å². The van der Waals surface area contributed by atoms with Crippen LogP contribution in [0.4, 0.5) is 17.3 Å². The van der Waals surface area contributed by atoms with Crippen molar-refractivity contribution in [2.75, 3.05) is 13.2 Å². The zero-order valence-electron chi connectivity index (χ0n) is 9.62. The van der Waals surface area contributed by atoms with Crippen molar-refractivity contribution in [3.8, 4) is 0 Å². The number of hydrogen-bond acceptors (Lipinski definition) is 1. The zero-order chi connectivity index (χ0) is 13.4. The highest BCUT2D eigenvalue weighted by Gasteiger charge is 2.21. The van der Waals surface area contributed by atoms with Gasteiger partial charge in [0, 0.05) is 0 Å². The molecule has 18 heavy (non-hydrogen) atoms. The fourth-order valence-corrected chi connectivity index (χ4v) is 1.39. The van der Waals surface area contributed by atoms with Crippen molar-refractivity contribution in [3.63, 3.8) is 0 Å². The molecule has 1 aromatic carbocycles. The number of esters is 1. The van der Waals surface area contributed by atoms with E-state index in [1.54, 1.807) is 0 Å². The molecular formula is C11H13BF4O2. The largest absolute Gasteiger partial charge is 0.673 e. The van der Waals surface area contributed by atoms with Crippen LogP contribution in [0.25, 0.3) is 0 Å². The van der Waals surface area contributed by atoms with Crippen molar-refractivity contribution in [3.05, 3.63) is 35.9 Å². The second kappa shape index (κ2) is 7.03. The van der Waals surface area contributed by atoms with E-state index >= 15 is 0 Å². The van der Waals surface area contributed by atoms with Crippen LogP contribution in [0.15, 0.2) is 30.3 Å². The zero-order valence-corrected chi connectivity index (χ0v) is 9.62. The predicted molar refractivity (Wildman–Crippen MR) is 60.8 cm³/mol. The Balaban J connectivity index is 0.000000280. The van der Waals surface area contributed by atoms with E-state index in [2.05, 4.69) is 24.3 Å². The van der Waals surface area contributed by atoms with Gasteiger partial charge >= 0.3 is 13.2 Å².